The summed E-state index contributed by atoms with van der Waals surface area (Å²) in [4.78, 5) is 0.330. The van der Waals surface area contributed by atoms with E-state index < -0.39 is 9.84 Å². The van der Waals surface area contributed by atoms with Gasteiger partial charge in [-0.05, 0) is 31.2 Å². The van der Waals surface area contributed by atoms with Crippen molar-refractivity contribution in [1.29, 1.82) is 0 Å². The van der Waals surface area contributed by atoms with Gasteiger partial charge in [0.2, 0.25) is 9.84 Å². The van der Waals surface area contributed by atoms with E-state index in [1.54, 1.807) is 54.1 Å². The normalized spacial score (nSPS) is 11.6. The van der Waals surface area contributed by atoms with Gasteiger partial charge < -0.3 is 4.57 Å². The van der Waals surface area contributed by atoms with Gasteiger partial charge in [0.25, 0.3) is 0 Å². The first-order valence-electron chi connectivity index (χ1n) is 4.96. The molecule has 1 heterocycles. The molecule has 1 aromatic heterocycles. The minimum absolute atomic E-state index is 0.330. The van der Waals surface area contributed by atoms with E-state index in [2.05, 4.69) is 0 Å². The van der Waals surface area contributed by atoms with E-state index in [0.29, 0.717) is 9.92 Å². The highest BCUT2D eigenvalue weighted by molar-refractivity contribution is 7.91. The maximum absolute atomic E-state index is 12.2. The van der Waals surface area contributed by atoms with E-state index in [9.17, 15) is 8.42 Å². The highest BCUT2D eigenvalue weighted by Crippen LogP contribution is 2.21. The molecule has 0 fully saturated rings. The molecular weight excluding hydrogens is 222 g/mol. The Balaban J connectivity index is 2.61. The summed E-state index contributed by atoms with van der Waals surface area (Å²) in [5, 5.41) is 0.330. The van der Waals surface area contributed by atoms with Crippen LogP contribution in [0.15, 0.2) is 52.4 Å². The molecule has 0 saturated carbocycles. The summed E-state index contributed by atoms with van der Waals surface area (Å²) in [5.41, 5.74) is 0.925. The van der Waals surface area contributed by atoms with Crippen LogP contribution in [-0.4, -0.2) is 13.0 Å². The summed E-state index contributed by atoms with van der Waals surface area (Å²) in [7, 11) is -1.63. The van der Waals surface area contributed by atoms with Crippen LogP contribution in [0, 0.1) is 6.92 Å². The minimum atomic E-state index is -3.39. The maximum Gasteiger partial charge on any atom is 0.222 e. The smallest absolute Gasteiger partial charge is 0.222 e. The Labute approximate surface area is 95.3 Å². The molecule has 0 amide bonds. The lowest BCUT2D eigenvalue weighted by Gasteiger charge is -2.06. The Morgan fingerprint density at radius 2 is 1.62 bits per heavy atom. The number of hydrogen-bond donors (Lipinski definition) is 0. The van der Waals surface area contributed by atoms with Gasteiger partial charge in [-0.2, -0.15) is 0 Å². The molecule has 0 aliphatic heterocycles. The average molecular weight is 235 g/mol. The molecule has 0 atom stereocenters. The van der Waals surface area contributed by atoms with Crippen LogP contribution in [0.4, 0.5) is 0 Å². The predicted molar refractivity (Wildman–Crippen MR) is 62.0 cm³/mol. The molecule has 0 aliphatic rings. The number of rotatable bonds is 2. The van der Waals surface area contributed by atoms with Gasteiger partial charge in [-0.25, -0.2) is 8.42 Å². The van der Waals surface area contributed by atoms with Crippen molar-refractivity contribution in [2.24, 2.45) is 7.05 Å². The van der Waals surface area contributed by atoms with Gasteiger partial charge in [-0.1, -0.05) is 18.2 Å². The largest absolute Gasteiger partial charge is 0.339 e. The van der Waals surface area contributed by atoms with Crippen molar-refractivity contribution < 1.29 is 8.42 Å². The van der Waals surface area contributed by atoms with Gasteiger partial charge in [0.15, 0.2) is 0 Å². The maximum atomic E-state index is 12.2. The fourth-order valence-corrected chi connectivity index (χ4v) is 3.09. The highest BCUT2D eigenvalue weighted by atomic mass is 32.2. The van der Waals surface area contributed by atoms with Crippen LogP contribution in [0.2, 0.25) is 0 Å². The van der Waals surface area contributed by atoms with Crippen LogP contribution >= 0.6 is 0 Å². The Morgan fingerprint density at radius 1 is 1.00 bits per heavy atom. The standard InChI is InChI=1S/C12H13NO2S/c1-10-8-9-12(13(10)2)16(14,15)11-6-4-3-5-7-11/h3-9H,1-2H3. The molecule has 0 bridgehead atoms. The second-order valence-electron chi connectivity index (χ2n) is 3.69. The van der Waals surface area contributed by atoms with E-state index in [4.69, 9.17) is 0 Å². The molecule has 1 aromatic carbocycles. The van der Waals surface area contributed by atoms with E-state index >= 15 is 0 Å². The van der Waals surface area contributed by atoms with Gasteiger partial charge in [0.1, 0.15) is 5.03 Å². The van der Waals surface area contributed by atoms with Crippen molar-refractivity contribution in [3.8, 4) is 0 Å². The number of aryl methyl sites for hydroxylation is 1. The fourth-order valence-electron chi connectivity index (χ4n) is 1.58. The first kappa shape index (κ1) is 11.0. The highest BCUT2D eigenvalue weighted by Gasteiger charge is 2.20. The van der Waals surface area contributed by atoms with Crippen molar-refractivity contribution in [3.05, 3.63) is 48.2 Å². The lowest BCUT2D eigenvalue weighted by Crippen LogP contribution is -2.07. The van der Waals surface area contributed by atoms with Gasteiger partial charge in [-0.3, -0.25) is 0 Å². The predicted octanol–water partition coefficient (Wildman–Crippen LogP) is 2.17. The molecule has 0 spiro atoms. The molecular formula is C12H13NO2S. The molecule has 2 rings (SSSR count). The van der Waals surface area contributed by atoms with Crippen LogP contribution in [0.5, 0.6) is 0 Å². The fraction of sp³-hybridized carbons (Fsp3) is 0.167. The van der Waals surface area contributed by atoms with Crippen molar-refractivity contribution in [2.75, 3.05) is 0 Å². The molecule has 16 heavy (non-hydrogen) atoms. The molecule has 0 radical (unpaired) electrons. The minimum Gasteiger partial charge on any atom is -0.339 e. The van der Waals surface area contributed by atoms with Gasteiger partial charge >= 0.3 is 0 Å². The van der Waals surface area contributed by atoms with Crippen LogP contribution in [0.3, 0.4) is 0 Å². The van der Waals surface area contributed by atoms with Crippen LogP contribution in [-0.2, 0) is 16.9 Å². The number of aromatic nitrogens is 1. The SMILES string of the molecule is Cc1ccc(S(=O)(=O)c2ccccc2)n1C. The number of sulfone groups is 1. The third kappa shape index (κ3) is 1.65. The topological polar surface area (TPSA) is 39.1 Å². The summed E-state index contributed by atoms with van der Waals surface area (Å²) >= 11 is 0. The molecule has 4 heteroatoms. The zero-order valence-electron chi connectivity index (χ0n) is 9.21. The summed E-state index contributed by atoms with van der Waals surface area (Å²) in [6.45, 7) is 1.88. The average Bonchev–Trinajstić information content (AvgIpc) is 2.61. The Bertz CT molecular complexity index is 597. The summed E-state index contributed by atoms with van der Waals surface area (Å²) < 4.78 is 26.2. The summed E-state index contributed by atoms with van der Waals surface area (Å²) in [6.07, 6.45) is 0. The first-order valence-corrected chi connectivity index (χ1v) is 6.44. The van der Waals surface area contributed by atoms with Crippen LogP contribution < -0.4 is 0 Å². The molecule has 84 valence electrons. The van der Waals surface area contributed by atoms with E-state index in [1.807, 2.05) is 6.92 Å². The quantitative estimate of drug-likeness (QED) is 0.800. The monoisotopic (exact) mass is 235 g/mol. The zero-order chi connectivity index (χ0) is 11.8. The van der Waals surface area contributed by atoms with E-state index in [0.717, 1.165) is 5.69 Å². The van der Waals surface area contributed by atoms with Crippen molar-refractivity contribution in [1.82, 2.24) is 4.57 Å². The van der Waals surface area contributed by atoms with Crippen LogP contribution in [0.1, 0.15) is 5.69 Å². The number of hydrogen-bond acceptors (Lipinski definition) is 2. The molecule has 2 aromatic rings. The molecule has 0 saturated heterocycles. The molecule has 0 N–H and O–H groups in total. The van der Waals surface area contributed by atoms with Crippen molar-refractivity contribution >= 4 is 9.84 Å². The van der Waals surface area contributed by atoms with Gasteiger partial charge in [0, 0.05) is 12.7 Å². The Kier molecular flexibility index (Phi) is 2.59. The lowest BCUT2D eigenvalue weighted by molar-refractivity contribution is 0.584. The molecule has 0 unspecified atom stereocenters. The first-order chi connectivity index (χ1) is 7.53. The number of nitrogens with zero attached hydrogens (tertiary/aromatic N) is 1. The second kappa shape index (κ2) is 3.79. The van der Waals surface area contributed by atoms with Crippen molar-refractivity contribution in [2.45, 2.75) is 16.8 Å². The Morgan fingerprint density at radius 3 is 2.12 bits per heavy atom. The Hall–Kier alpha value is -1.55. The third-order valence-electron chi connectivity index (χ3n) is 2.66. The molecule has 0 aliphatic carbocycles. The van der Waals surface area contributed by atoms with Crippen molar-refractivity contribution in [3.63, 3.8) is 0 Å². The lowest BCUT2D eigenvalue weighted by atomic mass is 10.4. The van der Waals surface area contributed by atoms with E-state index in [1.165, 1.54) is 0 Å². The summed E-state index contributed by atoms with van der Waals surface area (Å²) in [5.74, 6) is 0. The zero-order valence-corrected chi connectivity index (χ0v) is 10.0. The molecule has 3 nitrogen and oxygen atoms in total. The second-order valence-corrected chi connectivity index (χ2v) is 5.59. The van der Waals surface area contributed by atoms with Gasteiger partial charge in [-0.15, -0.1) is 0 Å². The number of benzene rings is 1. The third-order valence-corrected chi connectivity index (χ3v) is 4.51. The summed E-state index contributed by atoms with van der Waals surface area (Å²) in [6, 6.07) is 11.9. The van der Waals surface area contributed by atoms with Crippen LogP contribution in [0.25, 0.3) is 0 Å². The van der Waals surface area contributed by atoms with E-state index in [-0.39, 0.29) is 0 Å². The van der Waals surface area contributed by atoms with Gasteiger partial charge in [0.05, 0.1) is 4.90 Å².